The Kier molecular flexibility index (Phi) is 2.92. The number of hydrogen-bond donors (Lipinski definition) is 1. The molecular formula is C7H9BNO2. The van der Waals surface area contributed by atoms with Crippen molar-refractivity contribution in [2.24, 2.45) is 0 Å². The molecule has 0 aromatic carbocycles. The molecule has 3 nitrogen and oxygen atoms in total. The zero-order valence-electron chi connectivity index (χ0n) is 6.32. The molecule has 0 unspecified atom stereocenters. The number of ether oxygens (including phenoxy) is 1. The van der Waals surface area contributed by atoms with Crippen molar-refractivity contribution in [3.05, 3.63) is 18.3 Å². The SMILES string of the molecule is CCOc1ncccc1[B]O. The fraction of sp³-hybridized carbons (Fsp3) is 0.286. The molecule has 11 heavy (non-hydrogen) atoms. The van der Waals surface area contributed by atoms with Gasteiger partial charge < -0.3 is 9.76 Å². The van der Waals surface area contributed by atoms with Gasteiger partial charge in [0.2, 0.25) is 5.88 Å². The quantitative estimate of drug-likeness (QED) is 0.602. The molecule has 1 aromatic heterocycles. The molecule has 0 spiro atoms. The smallest absolute Gasteiger partial charge is 0.332 e. The highest BCUT2D eigenvalue weighted by atomic mass is 16.5. The van der Waals surface area contributed by atoms with E-state index in [1.54, 1.807) is 18.3 Å². The van der Waals surface area contributed by atoms with Gasteiger partial charge in [-0.3, -0.25) is 0 Å². The van der Waals surface area contributed by atoms with Crippen LogP contribution in [0.3, 0.4) is 0 Å². The van der Waals surface area contributed by atoms with Crippen molar-refractivity contribution in [1.82, 2.24) is 4.98 Å². The average Bonchev–Trinajstić information content (AvgIpc) is 2.06. The highest BCUT2D eigenvalue weighted by molar-refractivity contribution is 6.46. The molecule has 1 N–H and O–H groups in total. The van der Waals surface area contributed by atoms with E-state index in [1.807, 2.05) is 6.92 Å². The van der Waals surface area contributed by atoms with E-state index in [-0.39, 0.29) is 0 Å². The fourth-order valence-electron chi connectivity index (χ4n) is 0.759. The third kappa shape index (κ3) is 1.95. The van der Waals surface area contributed by atoms with Crippen molar-refractivity contribution in [3.8, 4) is 5.88 Å². The summed E-state index contributed by atoms with van der Waals surface area (Å²) in [5.74, 6) is 0.470. The first-order valence-electron chi connectivity index (χ1n) is 3.43. The van der Waals surface area contributed by atoms with Crippen LogP contribution in [0.15, 0.2) is 18.3 Å². The summed E-state index contributed by atoms with van der Waals surface area (Å²) in [6.07, 6.45) is 1.62. The Morgan fingerprint density at radius 1 is 1.73 bits per heavy atom. The standard InChI is InChI=1S/C7H9BNO2/c1-2-11-7-6(8-10)4-3-5-9-7/h3-5,10H,2H2,1H3. The summed E-state index contributed by atoms with van der Waals surface area (Å²) >= 11 is 0. The number of hydrogen-bond acceptors (Lipinski definition) is 3. The summed E-state index contributed by atoms with van der Waals surface area (Å²) in [6.45, 7) is 2.42. The van der Waals surface area contributed by atoms with E-state index >= 15 is 0 Å². The maximum Gasteiger partial charge on any atom is 0.332 e. The summed E-state index contributed by atoms with van der Waals surface area (Å²) in [7, 11) is 0.984. The highest BCUT2D eigenvalue weighted by Crippen LogP contribution is 1.98. The van der Waals surface area contributed by atoms with Crippen LogP contribution in [0.2, 0.25) is 0 Å². The van der Waals surface area contributed by atoms with E-state index in [0.29, 0.717) is 17.9 Å². The first-order valence-corrected chi connectivity index (χ1v) is 3.43. The summed E-state index contributed by atoms with van der Waals surface area (Å²) in [5.41, 5.74) is 0.606. The Labute approximate surface area is 66.3 Å². The molecule has 1 aromatic rings. The van der Waals surface area contributed by atoms with Gasteiger partial charge in [0.15, 0.2) is 0 Å². The van der Waals surface area contributed by atoms with Crippen LogP contribution in [-0.4, -0.2) is 24.1 Å². The van der Waals surface area contributed by atoms with E-state index in [1.165, 1.54) is 0 Å². The van der Waals surface area contributed by atoms with Gasteiger partial charge in [0.1, 0.15) is 0 Å². The van der Waals surface area contributed by atoms with Gasteiger partial charge >= 0.3 is 7.48 Å². The van der Waals surface area contributed by atoms with Crippen LogP contribution in [-0.2, 0) is 0 Å². The summed E-state index contributed by atoms with van der Waals surface area (Å²) in [6, 6.07) is 3.47. The molecule has 0 saturated heterocycles. The van der Waals surface area contributed by atoms with Crippen LogP contribution >= 0.6 is 0 Å². The van der Waals surface area contributed by atoms with E-state index in [2.05, 4.69) is 4.98 Å². The van der Waals surface area contributed by atoms with Crippen molar-refractivity contribution in [2.75, 3.05) is 6.61 Å². The van der Waals surface area contributed by atoms with Gasteiger partial charge in [0.25, 0.3) is 0 Å². The molecule has 1 heterocycles. The first kappa shape index (κ1) is 8.08. The Bertz CT molecular complexity index is 229. The lowest BCUT2D eigenvalue weighted by Gasteiger charge is -2.04. The van der Waals surface area contributed by atoms with Gasteiger partial charge in [-0.25, -0.2) is 4.98 Å². The lowest BCUT2D eigenvalue weighted by molar-refractivity contribution is 0.329. The van der Waals surface area contributed by atoms with E-state index in [0.717, 1.165) is 7.48 Å². The van der Waals surface area contributed by atoms with Crippen molar-refractivity contribution in [2.45, 2.75) is 6.92 Å². The van der Waals surface area contributed by atoms with Gasteiger partial charge in [-0.2, -0.15) is 0 Å². The predicted octanol–water partition coefficient (Wildman–Crippen LogP) is -0.283. The van der Waals surface area contributed by atoms with Gasteiger partial charge in [-0.15, -0.1) is 0 Å². The molecule has 0 amide bonds. The fourth-order valence-corrected chi connectivity index (χ4v) is 0.759. The van der Waals surface area contributed by atoms with Crippen LogP contribution in [0.5, 0.6) is 5.88 Å². The van der Waals surface area contributed by atoms with Crippen LogP contribution in [0, 0.1) is 0 Å². The van der Waals surface area contributed by atoms with Crippen LogP contribution in [0.4, 0.5) is 0 Å². The van der Waals surface area contributed by atoms with Gasteiger partial charge in [-0.1, -0.05) is 6.07 Å². The Balaban J connectivity index is 2.83. The molecule has 1 rings (SSSR count). The number of nitrogens with zero attached hydrogens (tertiary/aromatic N) is 1. The minimum Gasteiger partial charge on any atom is -0.478 e. The molecule has 0 aliphatic carbocycles. The van der Waals surface area contributed by atoms with E-state index < -0.39 is 0 Å². The zero-order chi connectivity index (χ0) is 8.10. The van der Waals surface area contributed by atoms with Crippen molar-refractivity contribution >= 4 is 12.9 Å². The minimum absolute atomic E-state index is 0.470. The van der Waals surface area contributed by atoms with Crippen molar-refractivity contribution in [3.63, 3.8) is 0 Å². The predicted molar refractivity (Wildman–Crippen MR) is 43.0 cm³/mol. The summed E-state index contributed by atoms with van der Waals surface area (Å²) in [4.78, 5) is 3.93. The van der Waals surface area contributed by atoms with Gasteiger partial charge in [-0.05, 0) is 13.0 Å². The maximum absolute atomic E-state index is 8.70. The molecule has 4 heteroatoms. The second-order valence-electron chi connectivity index (χ2n) is 1.96. The maximum atomic E-state index is 8.70. The van der Waals surface area contributed by atoms with E-state index in [4.69, 9.17) is 9.76 Å². The Morgan fingerprint density at radius 3 is 3.18 bits per heavy atom. The second-order valence-corrected chi connectivity index (χ2v) is 1.96. The summed E-state index contributed by atoms with van der Waals surface area (Å²) < 4.78 is 5.13. The average molecular weight is 150 g/mol. The lowest BCUT2D eigenvalue weighted by atomic mass is 9.90. The molecule has 57 valence electrons. The third-order valence-electron chi connectivity index (χ3n) is 1.22. The number of pyridine rings is 1. The summed E-state index contributed by atoms with van der Waals surface area (Å²) in [5, 5.41) is 8.70. The molecule has 1 radical (unpaired) electrons. The van der Waals surface area contributed by atoms with E-state index in [9.17, 15) is 0 Å². The van der Waals surface area contributed by atoms with Crippen LogP contribution in [0.1, 0.15) is 6.92 Å². The third-order valence-corrected chi connectivity index (χ3v) is 1.22. The Hall–Kier alpha value is -1.03. The number of aromatic nitrogens is 1. The molecule has 0 saturated carbocycles. The van der Waals surface area contributed by atoms with Gasteiger partial charge in [0, 0.05) is 11.7 Å². The van der Waals surface area contributed by atoms with Crippen molar-refractivity contribution in [1.29, 1.82) is 0 Å². The molecule has 0 aliphatic rings. The molecule has 0 atom stereocenters. The van der Waals surface area contributed by atoms with Crippen molar-refractivity contribution < 1.29 is 9.76 Å². The monoisotopic (exact) mass is 150 g/mol. The second kappa shape index (κ2) is 3.98. The molecule has 0 fully saturated rings. The first-order chi connectivity index (χ1) is 5.38. The van der Waals surface area contributed by atoms with Crippen LogP contribution < -0.4 is 10.2 Å². The van der Waals surface area contributed by atoms with Crippen LogP contribution in [0.25, 0.3) is 0 Å². The minimum atomic E-state index is 0.470. The number of rotatable bonds is 3. The molecular weight excluding hydrogens is 141 g/mol. The lowest BCUT2D eigenvalue weighted by Crippen LogP contribution is -2.18. The topological polar surface area (TPSA) is 42.4 Å². The normalized spacial score (nSPS) is 9.27. The van der Waals surface area contributed by atoms with Gasteiger partial charge in [0.05, 0.1) is 6.61 Å². The Morgan fingerprint density at radius 2 is 2.55 bits per heavy atom. The zero-order valence-corrected chi connectivity index (χ0v) is 6.32. The highest BCUT2D eigenvalue weighted by Gasteiger charge is 2.02. The largest absolute Gasteiger partial charge is 0.478 e. The molecule has 0 bridgehead atoms. The molecule has 0 aliphatic heterocycles.